The summed E-state index contributed by atoms with van der Waals surface area (Å²) in [6.45, 7) is 6.28. The summed E-state index contributed by atoms with van der Waals surface area (Å²) in [6, 6.07) is 17.7. The first kappa shape index (κ1) is 16.1. The Hall–Kier alpha value is -2.75. The maximum Gasteiger partial charge on any atom is 0.229 e. The minimum atomic E-state index is -0.130. The molecular weight excluding hydrogens is 300 g/mol. The molecule has 124 valence electrons. The first-order valence-electron chi connectivity index (χ1n) is 7.95. The molecule has 4 nitrogen and oxygen atoms in total. The molecule has 0 aliphatic heterocycles. The zero-order valence-corrected chi connectivity index (χ0v) is 14.5. The van der Waals surface area contributed by atoms with Gasteiger partial charge in [0, 0.05) is 16.7 Å². The predicted octanol–water partition coefficient (Wildman–Crippen LogP) is 5.23. The van der Waals surface area contributed by atoms with Crippen molar-refractivity contribution in [2.45, 2.75) is 26.3 Å². The van der Waals surface area contributed by atoms with Gasteiger partial charge in [0.2, 0.25) is 11.8 Å². The van der Waals surface area contributed by atoms with Gasteiger partial charge in [0.1, 0.15) is 11.4 Å². The highest BCUT2D eigenvalue weighted by Crippen LogP contribution is 2.34. The molecule has 4 heteroatoms. The number of rotatable bonds is 4. The first-order chi connectivity index (χ1) is 11.5. The summed E-state index contributed by atoms with van der Waals surface area (Å²) in [6.07, 6.45) is 0. The number of aromatic nitrogens is 1. The largest absolute Gasteiger partial charge is 0.497 e. The van der Waals surface area contributed by atoms with Gasteiger partial charge in [0.25, 0.3) is 0 Å². The molecular formula is C20H22N2O2. The number of nitrogens with zero attached hydrogens (tertiary/aromatic N) is 1. The third-order valence-electron chi connectivity index (χ3n) is 3.50. The van der Waals surface area contributed by atoms with Crippen LogP contribution < -0.4 is 10.1 Å². The van der Waals surface area contributed by atoms with E-state index in [4.69, 9.17) is 14.1 Å². The predicted molar refractivity (Wildman–Crippen MR) is 97.3 cm³/mol. The quantitative estimate of drug-likeness (QED) is 0.714. The Balaban J connectivity index is 2.06. The minimum absolute atomic E-state index is 0.130. The lowest BCUT2D eigenvalue weighted by Crippen LogP contribution is -2.26. The standard InChI is InChI=1S/C20H22N2O2/c1-20(2,3)22-19-17(14-10-12-16(23-4)13-11-14)21-18(24-19)15-8-6-5-7-9-15/h5-13,22H,1-4H3. The van der Waals surface area contributed by atoms with Crippen LogP contribution in [0.3, 0.4) is 0 Å². The number of benzene rings is 2. The summed E-state index contributed by atoms with van der Waals surface area (Å²) in [5.74, 6) is 2.09. The average Bonchev–Trinajstić information content (AvgIpc) is 2.97. The van der Waals surface area contributed by atoms with Crippen molar-refractivity contribution in [3.63, 3.8) is 0 Å². The van der Waals surface area contributed by atoms with Crippen molar-refractivity contribution in [2.75, 3.05) is 12.4 Å². The van der Waals surface area contributed by atoms with Gasteiger partial charge in [0.05, 0.1) is 7.11 Å². The molecule has 0 bridgehead atoms. The van der Waals surface area contributed by atoms with Crippen LogP contribution in [0.1, 0.15) is 20.8 Å². The second-order valence-corrected chi connectivity index (χ2v) is 6.67. The van der Waals surface area contributed by atoms with Crippen LogP contribution in [0.2, 0.25) is 0 Å². The zero-order chi connectivity index (χ0) is 17.2. The van der Waals surface area contributed by atoms with Crippen LogP contribution in [0, 0.1) is 0 Å². The van der Waals surface area contributed by atoms with E-state index in [0.717, 1.165) is 22.6 Å². The molecule has 0 radical (unpaired) electrons. The molecule has 0 amide bonds. The average molecular weight is 322 g/mol. The third kappa shape index (κ3) is 3.59. The van der Waals surface area contributed by atoms with Gasteiger partial charge < -0.3 is 14.5 Å². The van der Waals surface area contributed by atoms with Crippen molar-refractivity contribution in [2.24, 2.45) is 0 Å². The van der Waals surface area contributed by atoms with Crippen molar-refractivity contribution in [3.8, 4) is 28.5 Å². The molecule has 0 aliphatic carbocycles. The van der Waals surface area contributed by atoms with Gasteiger partial charge in [0.15, 0.2) is 0 Å². The van der Waals surface area contributed by atoms with Gasteiger partial charge in [-0.2, -0.15) is 0 Å². The summed E-state index contributed by atoms with van der Waals surface area (Å²) >= 11 is 0. The van der Waals surface area contributed by atoms with Gasteiger partial charge in [-0.1, -0.05) is 18.2 Å². The molecule has 3 rings (SSSR count). The number of oxazole rings is 1. The highest BCUT2D eigenvalue weighted by molar-refractivity contribution is 5.74. The Morgan fingerprint density at radius 2 is 1.58 bits per heavy atom. The molecule has 0 atom stereocenters. The van der Waals surface area contributed by atoms with Crippen LogP contribution in [0.5, 0.6) is 5.75 Å². The normalized spacial score (nSPS) is 11.3. The Bertz CT molecular complexity index is 800. The van der Waals surface area contributed by atoms with E-state index in [-0.39, 0.29) is 5.54 Å². The number of hydrogen-bond acceptors (Lipinski definition) is 4. The van der Waals surface area contributed by atoms with E-state index in [9.17, 15) is 0 Å². The van der Waals surface area contributed by atoms with Gasteiger partial charge in [-0.15, -0.1) is 0 Å². The van der Waals surface area contributed by atoms with E-state index in [1.807, 2.05) is 54.6 Å². The second-order valence-electron chi connectivity index (χ2n) is 6.67. The summed E-state index contributed by atoms with van der Waals surface area (Å²) in [7, 11) is 1.66. The number of anilines is 1. The molecule has 0 spiro atoms. The highest BCUT2D eigenvalue weighted by atomic mass is 16.5. The van der Waals surface area contributed by atoms with Crippen LogP contribution in [-0.4, -0.2) is 17.6 Å². The van der Waals surface area contributed by atoms with Crippen molar-refractivity contribution >= 4 is 5.88 Å². The molecule has 0 fully saturated rings. The lowest BCUT2D eigenvalue weighted by Gasteiger charge is -2.20. The van der Waals surface area contributed by atoms with E-state index in [1.165, 1.54) is 0 Å². The zero-order valence-electron chi connectivity index (χ0n) is 14.5. The van der Waals surface area contributed by atoms with Crippen molar-refractivity contribution in [3.05, 3.63) is 54.6 Å². The molecule has 0 unspecified atom stereocenters. The van der Waals surface area contributed by atoms with Gasteiger partial charge in [-0.05, 0) is 57.2 Å². The molecule has 1 heterocycles. The lowest BCUT2D eigenvalue weighted by atomic mass is 10.1. The monoisotopic (exact) mass is 322 g/mol. The van der Waals surface area contributed by atoms with Gasteiger partial charge in [-0.3, -0.25) is 0 Å². The minimum Gasteiger partial charge on any atom is -0.497 e. The summed E-state index contributed by atoms with van der Waals surface area (Å²) < 4.78 is 11.3. The van der Waals surface area contributed by atoms with Crippen LogP contribution >= 0.6 is 0 Å². The van der Waals surface area contributed by atoms with E-state index in [2.05, 4.69) is 26.1 Å². The number of ether oxygens (including phenoxy) is 1. The van der Waals surface area contributed by atoms with E-state index in [1.54, 1.807) is 7.11 Å². The summed E-state index contributed by atoms with van der Waals surface area (Å²) in [4.78, 5) is 4.72. The SMILES string of the molecule is COc1ccc(-c2nc(-c3ccccc3)oc2NC(C)(C)C)cc1. The Morgan fingerprint density at radius 1 is 0.917 bits per heavy atom. The topological polar surface area (TPSA) is 47.3 Å². The molecule has 1 aromatic heterocycles. The fraction of sp³-hybridized carbons (Fsp3) is 0.250. The molecule has 0 aliphatic rings. The smallest absolute Gasteiger partial charge is 0.229 e. The Kier molecular flexibility index (Phi) is 4.30. The second kappa shape index (κ2) is 6.40. The van der Waals surface area contributed by atoms with Crippen LogP contribution in [0.15, 0.2) is 59.0 Å². The Morgan fingerprint density at radius 3 is 2.17 bits per heavy atom. The van der Waals surface area contributed by atoms with E-state index < -0.39 is 0 Å². The fourth-order valence-corrected chi connectivity index (χ4v) is 2.39. The third-order valence-corrected chi connectivity index (χ3v) is 3.50. The van der Waals surface area contributed by atoms with Crippen molar-refractivity contribution in [1.82, 2.24) is 4.98 Å². The molecule has 0 saturated carbocycles. The van der Waals surface area contributed by atoms with Gasteiger partial charge in [-0.25, -0.2) is 4.98 Å². The highest BCUT2D eigenvalue weighted by Gasteiger charge is 2.20. The summed E-state index contributed by atoms with van der Waals surface area (Å²) in [5, 5.41) is 3.41. The number of hydrogen-bond donors (Lipinski definition) is 1. The fourth-order valence-electron chi connectivity index (χ4n) is 2.39. The molecule has 0 saturated heterocycles. The number of nitrogens with one attached hydrogen (secondary N) is 1. The lowest BCUT2D eigenvalue weighted by molar-refractivity contribution is 0.415. The first-order valence-corrected chi connectivity index (χ1v) is 7.95. The van der Waals surface area contributed by atoms with Crippen LogP contribution in [-0.2, 0) is 0 Å². The maximum absolute atomic E-state index is 6.03. The summed E-state index contributed by atoms with van der Waals surface area (Å²) in [5.41, 5.74) is 2.60. The van der Waals surface area contributed by atoms with Crippen LogP contribution in [0.25, 0.3) is 22.7 Å². The van der Waals surface area contributed by atoms with Crippen molar-refractivity contribution < 1.29 is 9.15 Å². The molecule has 2 aromatic carbocycles. The van der Waals surface area contributed by atoms with Gasteiger partial charge >= 0.3 is 0 Å². The molecule has 1 N–H and O–H groups in total. The maximum atomic E-state index is 6.03. The van der Waals surface area contributed by atoms with Crippen molar-refractivity contribution in [1.29, 1.82) is 0 Å². The van der Waals surface area contributed by atoms with Crippen LogP contribution in [0.4, 0.5) is 5.88 Å². The molecule has 3 aromatic rings. The Labute approximate surface area is 142 Å². The van der Waals surface area contributed by atoms with E-state index >= 15 is 0 Å². The number of methoxy groups -OCH3 is 1. The molecule has 24 heavy (non-hydrogen) atoms. The van der Waals surface area contributed by atoms with E-state index in [0.29, 0.717) is 11.8 Å².